The highest BCUT2D eigenvalue weighted by Gasteiger charge is 2.01. The maximum atomic E-state index is 3.93. The third-order valence-electron chi connectivity index (χ3n) is 2.41. The number of nitrogens with one attached hydrogen (secondary N) is 1. The van der Waals surface area contributed by atoms with E-state index in [-0.39, 0.29) is 0 Å². The van der Waals surface area contributed by atoms with Gasteiger partial charge in [0.1, 0.15) is 0 Å². The zero-order valence-electron chi connectivity index (χ0n) is 10.6. The van der Waals surface area contributed by atoms with Gasteiger partial charge < -0.3 is 5.32 Å². The summed E-state index contributed by atoms with van der Waals surface area (Å²) in [5.41, 5.74) is 0. The SMILES string of the molecule is Cc1ccc(CNCCCSc2nnnn2C)s1. The van der Waals surface area contributed by atoms with Crippen molar-refractivity contribution in [2.75, 3.05) is 12.3 Å². The lowest BCUT2D eigenvalue weighted by molar-refractivity contribution is 0.661. The smallest absolute Gasteiger partial charge is 0.209 e. The summed E-state index contributed by atoms with van der Waals surface area (Å²) in [4.78, 5) is 2.77. The molecule has 0 saturated heterocycles. The van der Waals surface area contributed by atoms with Gasteiger partial charge in [-0.15, -0.1) is 16.4 Å². The van der Waals surface area contributed by atoms with Crippen molar-refractivity contribution in [3.8, 4) is 0 Å². The van der Waals surface area contributed by atoms with Crippen molar-refractivity contribution in [1.29, 1.82) is 0 Å². The second-order valence-electron chi connectivity index (χ2n) is 3.98. The Bertz CT molecular complexity index is 479. The lowest BCUT2D eigenvalue weighted by atomic mass is 10.4. The molecule has 0 unspecified atom stereocenters. The van der Waals surface area contributed by atoms with E-state index in [9.17, 15) is 0 Å². The van der Waals surface area contributed by atoms with E-state index in [0.29, 0.717) is 0 Å². The van der Waals surface area contributed by atoms with Gasteiger partial charge in [-0.25, -0.2) is 4.68 Å². The number of tetrazole rings is 1. The molecule has 2 rings (SSSR count). The molecular weight excluding hydrogens is 266 g/mol. The second-order valence-corrected chi connectivity index (χ2v) is 6.41. The molecule has 0 aliphatic rings. The Kier molecular flexibility index (Phi) is 5.15. The van der Waals surface area contributed by atoms with Gasteiger partial charge >= 0.3 is 0 Å². The number of aryl methyl sites for hydroxylation is 2. The highest BCUT2D eigenvalue weighted by molar-refractivity contribution is 7.99. The first-order valence-corrected chi connectivity index (χ1v) is 7.67. The number of thiophene rings is 1. The predicted molar refractivity (Wildman–Crippen MR) is 74.9 cm³/mol. The van der Waals surface area contributed by atoms with Gasteiger partial charge in [0.15, 0.2) is 0 Å². The monoisotopic (exact) mass is 283 g/mol. The van der Waals surface area contributed by atoms with Gasteiger partial charge in [0, 0.05) is 29.1 Å². The standard InChI is InChI=1S/C11H17N5S2/c1-9-4-5-10(18-9)8-12-6-3-7-17-11-13-14-15-16(11)2/h4-5,12H,3,6-8H2,1-2H3. The average Bonchev–Trinajstić information content (AvgIpc) is 2.93. The topological polar surface area (TPSA) is 55.6 Å². The molecule has 2 aromatic heterocycles. The van der Waals surface area contributed by atoms with Crippen LogP contribution in [0.5, 0.6) is 0 Å². The summed E-state index contributed by atoms with van der Waals surface area (Å²) in [7, 11) is 1.86. The number of nitrogens with zero attached hydrogens (tertiary/aromatic N) is 4. The summed E-state index contributed by atoms with van der Waals surface area (Å²) in [6.45, 7) is 4.13. The Morgan fingerprint density at radius 1 is 1.44 bits per heavy atom. The van der Waals surface area contributed by atoms with Gasteiger partial charge in [-0.1, -0.05) is 11.8 Å². The molecule has 0 amide bonds. The fourth-order valence-electron chi connectivity index (χ4n) is 1.50. The predicted octanol–water partition coefficient (Wildman–Crippen LogP) is 1.85. The zero-order chi connectivity index (χ0) is 12.8. The second kappa shape index (κ2) is 6.86. The van der Waals surface area contributed by atoms with Gasteiger partial charge in [-0.3, -0.25) is 0 Å². The molecule has 0 bridgehead atoms. The average molecular weight is 283 g/mol. The van der Waals surface area contributed by atoms with Crippen LogP contribution in [0.1, 0.15) is 16.2 Å². The Labute approximate surface area is 115 Å². The maximum Gasteiger partial charge on any atom is 0.209 e. The van der Waals surface area contributed by atoms with Crippen molar-refractivity contribution < 1.29 is 0 Å². The fourth-order valence-corrected chi connectivity index (χ4v) is 3.14. The van der Waals surface area contributed by atoms with E-state index in [0.717, 1.165) is 30.4 Å². The molecule has 2 aromatic rings. The Morgan fingerprint density at radius 3 is 3.00 bits per heavy atom. The van der Waals surface area contributed by atoms with Crippen LogP contribution in [0.15, 0.2) is 17.3 Å². The minimum Gasteiger partial charge on any atom is -0.312 e. The number of rotatable bonds is 7. The third-order valence-corrected chi connectivity index (χ3v) is 4.50. The molecule has 0 aliphatic carbocycles. The molecule has 1 N–H and O–H groups in total. The van der Waals surface area contributed by atoms with Crippen LogP contribution in [0.25, 0.3) is 0 Å². The van der Waals surface area contributed by atoms with Gasteiger partial charge in [0.25, 0.3) is 0 Å². The highest BCUT2D eigenvalue weighted by atomic mass is 32.2. The quantitative estimate of drug-likeness (QED) is 0.621. The van der Waals surface area contributed by atoms with Crippen LogP contribution in [0.4, 0.5) is 0 Å². The summed E-state index contributed by atoms with van der Waals surface area (Å²) < 4.78 is 1.70. The Morgan fingerprint density at radius 2 is 2.33 bits per heavy atom. The first-order chi connectivity index (χ1) is 8.75. The molecule has 0 aliphatic heterocycles. The molecule has 7 heteroatoms. The number of hydrogen-bond donors (Lipinski definition) is 1. The van der Waals surface area contributed by atoms with Crippen LogP contribution in [-0.2, 0) is 13.6 Å². The van der Waals surface area contributed by atoms with Crippen molar-refractivity contribution in [1.82, 2.24) is 25.5 Å². The van der Waals surface area contributed by atoms with Gasteiger partial charge in [0.2, 0.25) is 5.16 Å². The van der Waals surface area contributed by atoms with Crippen LogP contribution in [0, 0.1) is 6.92 Å². The van der Waals surface area contributed by atoms with E-state index in [1.165, 1.54) is 9.75 Å². The lowest BCUT2D eigenvalue weighted by Gasteiger charge is -2.02. The van der Waals surface area contributed by atoms with Gasteiger partial charge in [0.05, 0.1) is 0 Å². The van der Waals surface area contributed by atoms with Crippen molar-refractivity contribution in [2.45, 2.75) is 25.0 Å². The zero-order valence-corrected chi connectivity index (χ0v) is 12.2. The molecule has 2 heterocycles. The molecule has 0 fully saturated rings. The minimum atomic E-state index is 0.879. The third kappa shape index (κ3) is 4.08. The van der Waals surface area contributed by atoms with Crippen molar-refractivity contribution in [3.63, 3.8) is 0 Å². The summed E-state index contributed by atoms with van der Waals surface area (Å²) in [5.74, 6) is 1.03. The Hall–Kier alpha value is -0.920. The first-order valence-electron chi connectivity index (χ1n) is 5.87. The molecule has 18 heavy (non-hydrogen) atoms. The highest BCUT2D eigenvalue weighted by Crippen LogP contribution is 2.15. The molecule has 0 spiro atoms. The van der Waals surface area contributed by atoms with Crippen LogP contribution >= 0.6 is 23.1 Å². The fraction of sp³-hybridized carbons (Fsp3) is 0.545. The molecule has 0 saturated carbocycles. The van der Waals surface area contributed by atoms with E-state index in [2.05, 4.69) is 39.9 Å². The van der Waals surface area contributed by atoms with Gasteiger partial charge in [-0.05, 0) is 42.4 Å². The van der Waals surface area contributed by atoms with Crippen molar-refractivity contribution in [3.05, 3.63) is 21.9 Å². The number of hydrogen-bond acceptors (Lipinski definition) is 6. The normalized spacial score (nSPS) is 11.0. The molecule has 0 atom stereocenters. The molecule has 98 valence electrons. The molecule has 0 radical (unpaired) electrons. The van der Waals surface area contributed by atoms with E-state index < -0.39 is 0 Å². The molecule has 5 nitrogen and oxygen atoms in total. The molecular formula is C11H17N5S2. The Balaban J connectivity index is 1.55. The minimum absolute atomic E-state index is 0.879. The summed E-state index contributed by atoms with van der Waals surface area (Å²) >= 11 is 3.55. The van der Waals surface area contributed by atoms with E-state index in [4.69, 9.17) is 0 Å². The molecule has 0 aromatic carbocycles. The summed E-state index contributed by atoms with van der Waals surface area (Å²) in [6, 6.07) is 4.35. The first kappa shape index (κ1) is 13.5. The number of aromatic nitrogens is 4. The van der Waals surface area contributed by atoms with Gasteiger partial charge in [-0.2, -0.15) is 0 Å². The number of thioether (sulfide) groups is 1. The van der Waals surface area contributed by atoms with Crippen molar-refractivity contribution >= 4 is 23.1 Å². The maximum absolute atomic E-state index is 3.93. The van der Waals surface area contributed by atoms with E-state index >= 15 is 0 Å². The van der Waals surface area contributed by atoms with Crippen LogP contribution in [-0.4, -0.2) is 32.5 Å². The van der Waals surface area contributed by atoms with Crippen LogP contribution in [0.3, 0.4) is 0 Å². The van der Waals surface area contributed by atoms with Crippen molar-refractivity contribution in [2.24, 2.45) is 7.05 Å². The lowest BCUT2D eigenvalue weighted by Crippen LogP contribution is -2.14. The largest absolute Gasteiger partial charge is 0.312 e. The van der Waals surface area contributed by atoms with Crippen LogP contribution < -0.4 is 5.32 Å². The van der Waals surface area contributed by atoms with E-state index in [1.807, 2.05) is 18.4 Å². The van der Waals surface area contributed by atoms with Crippen LogP contribution in [0.2, 0.25) is 0 Å². The summed E-state index contributed by atoms with van der Waals surface area (Å²) in [5, 5.41) is 15.7. The van der Waals surface area contributed by atoms with E-state index in [1.54, 1.807) is 16.4 Å². The summed E-state index contributed by atoms with van der Waals surface area (Å²) in [6.07, 6.45) is 1.11.